The second-order valence-corrected chi connectivity index (χ2v) is 9.55. The van der Waals surface area contributed by atoms with Crippen molar-refractivity contribution in [2.75, 3.05) is 48.4 Å². The molecule has 1 aliphatic carbocycles. The number of rotatable bonds is 8. The highest BCUT2D eigenvalue weighted by Crippen LogP contribution is 2.35. The lowest BCUT2D eigenvalue weighted by molar-refractivity contribution is 0.102. The van der Waals surface area contributed by atoms with Gasteiger partial charge in [-0.1, -0.05) is 24.3 Å². The molecule has 194 valence electrons. The number of amides is 1. The van der Waals surface area contributed by atoms with Gasteiger partial charge >= 0.3 is 0 Å². The molecule has 4 aromatic rings. The van der Waals surface area contributed by atoms with Gasteiger partial charge in [0.1, 0.15) is 11.6 Å². The molecule has 8 nitrogen and oxygen atoms in total. The Morgan fingerprint density at radius 1 is 1.05 bits per heavy atom. The zero-order valence-electron chi connectivity index (χ0n) is 20.8. The van der Waals surface area contributed by atoms with Crippen molar-refractivity contribution in [3.63, 3.8) is 0 Å². The Balaban J connectivity index is 1.23. The maximum Gasteiger partial charge on any atom is 0.255 e. The third-order valence-corrected chi connectivity index (χ3v) is 6.74. The molecule has 38 heavy (non-hydrogen) atoms. The molecule has 1 amide bonds. The SMILES string of the molecule is O=C(Nc1ccc(Oc2ccnc(NCC3CC3)n2)c2ccccc12)c1cc(F)cc(N2CCOCC2)c1. The fraction of sp³-hybridized carbons (Fsp3) is 0.276. The number of benzene rings is 3. The van der Waals surface area contributed by atoms with E-state index in [-0.39, 0.29) is 11.5 Å². The van der Waals surface area contributed by atoms with Crippen molar-refractivity contribution in [3.8, 4) is 11.6 Å². The fourth-order valence-corrected chi connectivity index (χ4v) is 4.53. The number of aromatic nitrogens is 2. The van der Waals surface area contributed by atoms with Gasteiger partial charge in [-0.25, -0.2) is 9.37 Å². The molecule has 1 saturated carbocycles. The smallest absolute Gasteiger partial charge is 0.255 e. The summed E-state index contributed by atoms with van der Waals surface area (Å²) in [5.74, 6) is 1.42. The number of halogens is 1. The number of nitrogens with one attached hydrogen (secondary N) is 2. The maximum atomic E-state index is 14.4. The van der Waals surface area contributed by atoms with Gasteiger partial charge in [0.25, 0.3) is 5.91 Å². The number of hydrogen-bond donors (Lipinski definition) is 2. The van der Waals surface area contributed by atoms with Crippen LogP contribution in [-0.2, 0) is 4.74 Å². The third kappa shape index (κ3) is 5.52. The van der Waals surface area contributed by atoms with Crippen LogP contribution < -0.4 is 20.3 Å². The first-order valence-electron chi connectivity index (χ1n) is 12.8. The second kappa shape index (κ2) is 10.6. The number of anilines is 3. The van der Waals surface area contributed by atoms with Crippen molar-refractivity contribution in [2.24, 2.45) is 5.92 Å². The van der Waals surface area contributed by atoms with Crippen LogP contribution in [0.2, 0.25) is 0 Å². The Hall–Kier alpha value is -4.24. The highest BCUT2D eigenvalue weighted by molar-refractivity contribution is 6.10. The van der Waals surface area contributed by atoms with Gasteiger partial charge in [0, 0.05) is 59.6 Å². The van der Waals surface area contributed by atoms with Crippen LogP contribution in [-0.4, -0.2) is 48.7 Å². The van der Waals surface area contributed by atoms with Crippen molar-refractivity contribution < 1.29 is 18.7 Å². The van der Waals surface area contributed by atoms with Gasteiger partial charge in [-0.15, -0.1) is 0 Å². The molecule has 0 unspecified atom stereocenters. The van der Waals surface area contributed by atoms with E-state index in [1.807, 2.05) is 29.2 Å². The summed E-state index contributed by atoms with van der Waals surface area (Å²) < 4.78 is 26.0. The Kier molecular flexibility index (Phi) is 6.75. The van der Waals surface area contributed by atoms with Gasteiger partial charge < -0.3 is 25.0 Å². The number of carbonyl (C=O) groups is 1. The van der Waals surface area contributed by atoms with Crippen molar-refractivity contribution in [1.82, 2.24) is 9.97 Å². The van der Waals surface area contributed by atoms with Crippen LogP contribution >= 0.6 is 0 Å². The Labute approximate surface area is 219 Å². The highest BCUT2D eigenvalue weighted by Gasteiger charge is 2.21. The van der Waals surface area contributed by atoms with Crippen LogP contribution in [0.25, 0.3) is 10.8 Å². The standard InChI is InChI=1S/C29H28FN5O3/c30-21-15-20(16-22(17-21)35-11-13-37-14-12-35)28(36)33-25-7-8-26(24-4-2-1-3-23(24)25)38-27-9-10-31-29(34-27)32-18-19-5-6-19/h1-4,7-10,15-17,19H,5-6,11-14,18H2,(H,33,36)(H,31,32,34). The molecule has 0 radical (unpaired) electrons. The lowest BCUT2D eigenvalue weighted by Crippen LogP contribution is -2.36. The summed E-state index contributed by atoms with van der Waals surface area (Å²) in [5.41, 5.74) is 1.52. The predicted octanol–water partition coefficient (Wildman–Crippen LogP) is 5.47. The minimum atomic E-state index is -0.455. The average molecular weight is 514 g/mol. The summed E-state index contributed by atoms with van der Waals surface area (Å²) in [6.45, 7) is 3.32. The van der Waals surface area contributed by atoms with E-state index in [9.17, 15) is 9.18 Å². The van der Waals surface area contributed by atoms with E-state index in [0.717, 1.165) is 17.3 Å². The first-order valence-corrected chi connectivity index (χ1v) is 12.8. The van der Waals surface area contributed by atoms with Crippen LogP contribution in [0.4, 0.5) is 21.7 Å². The molecule has 9 heteroatoms. The minimum Gasteiger partial charge on any atom is -0.438 e. The molecule has 2 fully saturated rings. The summed E-state index contributed by atoms with van der Waals surface area (Å²) in [6.07, 6.45) is 4.15. The van der Waals surface area contributed by atoms with E-state index in [0.29, 0.717) is 61.2 Å². The van der Waals surface area contributed by atoms with Gasteiger partial charge in [-0.05, 0) is 49.1 Å². The molecule has 0 bridgehead atoms. The summed E-state index contributed by atoms with van der Waals surface area (Å²) >= 11 is 0. The van der Waals surface area contributed by atoms with E-state index in [1.165, 1.54) is 25.0 Å². The number of nitrogens with zero attached hydrogens (tertiary/aromatic N) is 3. The molecular formula is C29H28FN5O3. The number of morpholine rings is 1. The molecule has 1 aliphatic heterocycles. The van der Waals surface area contributed by atoms with Crippen LogP contribution in [0.3, 0.4) is 0 Å². The fourth-order valence-electron chi connectivity index (χ4n) is 4.53. The quantitative estimate of drug-likeness (QED) is 0.323. The number of ether oxygens (including phenoxy) is 2. The second-order valence-electron chi connectivity index (χ2n) is 9.55. The van der Waals surface area contributed by atoms with Crippen LogP contribution in [0.1, 0.15) is 23.2 Å². The number of fused-ring (bicyclic) bond motifs is 1. The van der Waals surface area contributed by atoms with Crippen LogP contribution in [0.5, 0.6) is 11.6 Å². The van der Waals surface area contributed by atoms with Crippen LogP contribution in [0, 0.1) is 11.7 Å². The maximum absolute atomic E-state index is 14.4. The van der Waals surface area contributed by atoms with Crippen molar-refractivity contribution in [2.45, 2.75) is 12.8 Å². The largest absolute Gasteiger partial charge is 0.438 e. The van der Waals surface area contributed by atoms with Gasteiger partial charge in [-0.2, -0.15) is 4.98 Å². The molecule has 2 aliphatic rings. The van der Waals surface area contributed by atoms with E-state index < -0.39 is 5.82 Å². The van der Waals surface area contributed by atoms with Crippen molar-refractivity contribution in [3.05, 3.63) is 78.2 Å². The van der Waals surface area contributed by atoms with Crippen molar-refractivity contribution >= 4 is 34.0 Å². The summed E-state index contributed by atoms with van der Waals surface area (Å²) in [6, 6.07) is 17.3. The highest BCUT2D eigenvalue weighted by atomic mass is 19.1. The Bertz CT molecular complexity index is 1470. The first-order chi connectivity index (χ1) is 18.6. The molecule has 0 atom stereocenters. The lowest BCUT2D eigenvalue weighted by atomic mass is 10.1. The monoisotopic (exact) mass is 513 g/mol. The third-order valence-electron chi connectivity index (χ3n) is 6.74. The van der Waals surface area contributed by atoms with E-state index >= 15 is 0 Å². The molecule has 3 aromatic carbocycles. The molecule has 0 spiro atoms. The summed E-state index contributed by atoms with van der Waals surface area (Å²) in [4.78, 5) is 24.0. The number of carbonyl (C=O) groups excluding carboxylic acids is 1. The topological polar surface area (TPSA) is 88.6 Å². The van der Waals surface area contributed by atoms with E-state index in [4.69, 9.17) is 9.47 Å². The molecule has 2 heterocycles. The predicted molar refractivity (Wildman–Crippen MR) is 145 cm³/mol. The summed E-state index contributed by atoms with van der Waals surface area (Å²) in [7, 11) is 0. The van der Waals surface area contributed by atoms with Crippen LogP contribution in [0.15, 0.2) is 66.9 Å². The normalized spacial score (nSPS) is 15.3. The first kappa shape index (κ1) is 24.1. The van der Waals surface area contributed by atoms with Gasteiger partial charge in [0.2, 0.25) is 11.8 Å². The molecular weight excluding hydrogens is 485 g/mol. The number of hydrogen-bond acceptors (Lipinski definition) is 7. The zero-order chi connectivity index (χ0) is 25.9. The van der Waals surface area contributed by atoms with Crippen molar-refractivity contribution in [1.29, 1.82) is 0 Å². The van der Waals surface area contributed by atoms with Gasteiger partial charge in [0.05, 0.1) is 13.2 Å². The van der Waals surface area contributed by atoms with E-state index in [1.54, 1.807) is 30.5 Å². The Morgan fingerprint density at radius 2 is 1.87 bits per heavy atom. The molecule has 1 saturated heterocycles. The Morgan fingerprint density at radius 3 is 2.68 bits per heavy atom. The van der Waals surface area contributed by atoms with E-state index in [2.05, 4.69) is 20.6 Å². The zero-order valence-corrected chi connectivity index (χ0v) is 20.8. The van der Waals surface area contributed by atoms with Gasteiger partial charge in [0.15, 0.2) is 0 Å². The lowest BCUT2D eigenvalue weighted by Gasteiger charge is -2.29. The minimum absolute atomic E-state index is 0.253. The molecule has 1 aromatic heterocycles. The molecule has 2 N–H and O–H groups in total. The average Bonchev–Trinajstić information content (AvgIpc) is 3.78. The van der Waals surface area contributed by atoms with Gasteiger partial charge in [-0.3, -0.25) is 4.79 Å². The molecule has 6 rings (SSSR count). The summed E-state index contributed by atoms with van der Waals surface area (Å²) in [5, 5.41) is 7.82.